The van der Waals surface area contributed by atoms with E-state index in [1.54, 1.807) is 0 Å². The predicted molar refractivity (Wildman–Crippen MR) is 77.5 cm³/mol. The Bertz CT molecular complexity index is 253. The zero-order valence-electron chi connectivity index (χ0n) is 12.7. The summed E-state index contributed by atoms with van der Waals surface area (Å²) in [7, 11) is 0. The minimum atomic E-state index is 0.249. The van der Waals surface area contributed by atoms with Gasteiger partial charge >= 0.3 is 0 Å². The highest BCUT2D eigenvalue weighted by molar-refractivity contribution is 4.87. The molecule has 0 aromatic carbocycles. The highest BCUT2D eigenvalue weighted by atomic mass is 16.5. The van der Waals surface area contributed by atoms with Gasteiger partial charge < -0.3 is 19.7 Å². The summed E-state index contributed by atoms with van der Waals surface area (Å²) in [5.41, 5.74) is 0. The van der Waals surface area contributed by atoms with Crippen LogP contribution >= 0.6 is 0 Å². The molecule has 2 saturated heterocycles. The molecule has 112 valence electrons. The van der Waals surface area contributed by atoms with Gasteiger partial charge in [0.25, 0.3) is 0 Å². The lowest BCUT2D eigenvalue weighted by Crippen LogP contribution is -2.50. The number of likely N-dealkylation sites (tertiary alicyclic amines) is 1. The molecule has 2 fully saturated rings. The van der Waals surface area contributed by atoms with E-state index in [4.69, 9.17) is 9.47 Å². The molecule has 0 aromatic rings. The Kier molecular flexibility index (Phi) is 6.07. The van der Waals surface area contributed by atoms with E-state index in [1.807, 2.05) is 0 Å². The molecule has 2 aliphatic heterocycles. The summed E-state index contributed by atoms with van der Waals surface area (Å²) in [6.07, 6.45) is 2.75. The molecule has 0 unspecified atom stereocenters. The van der Waals surface area contributed by atoms with Crippen LogP contribution in [0.1, 0.15) is 33.6 Å². The quantitative estimate of drug-likeness (QED) is 0.793. The van der Waals surface area contributed by atoms with Crippen LogP contribution < -0.4 is 5.32 Å². The first kappa shape index (κ1) is 15.2. The average Bonchev–Trinajstić information content (AvgIpc) is 2.79. The van der Waals surface area contributed by atoms with E-state index >= 15 is 0 Å². The predicted octanol–water partition coefficient (Wildman–Crippen LogP) is 1.50. The van der Waals surface area contributed by atoms with Crippen molar-refractivity contribution < 1.29 is 9.47 Å². The molecule has 2 atom stereocenters. The van der Waals surface area contributed by atoms with Crippen LogP contribution in [0.2, 0.25) is 0 Å². The molecule has 2 heterocycles. The fraction of sp³-hybridized carbons (Fsp3) is 1.00. The van der Waals surface area contributed by atoms with E-state index in [1.165, 1.54) is 32.5 Å². The van der Waals surface area contributed by atoms with Gasteiger partial charge in [-0.15, -0.1) is 0 Å². The van der Waals surface area contributed by atoms with Gasteiger partial charge in [0.1, 0.15) is 0 Å². The number of hydrogen-bond acceptors (Lipinski definition) is 4. The first-order chi connectivity index (χ1) is 9.19. The van der Waals surface area contributed by atoms with E-state index in [0.29, 0.717) is 12.1 Å². The largest absolute Gasteiger partial charge is 0.377 e. The van der Waals surface area contributed by atoms with Crippen LogP contribution in [0.3, 0.4) is 0 Å². The van der Waals surface area contributed by atoms with Gasteiger partial charge in [0, 0.05) is 19.2 Å². The maximum atomic E-state index is 5.73. The van der Waals surface area contributed by atoms with Crippen molar-refractivity contribution in [1.82, 2.24) is 10.2 Å². The van der Waals surface area contributed by atoms with E-state index in [9.17, 15) is 0 Å². The molecule has 2 aliphatic rings. The highest BCUT2D eigenvalue weighted by Crippen LogP contribution is 2.16. The first-order valence-electron chi connectivity index (χ1n) is 7.86. The molecule has 1 N–H and O–H groups in total. The maximum absolute atomic E-state index is 5.73. The third-order valence-corrected chi connectivity index (χ3v) is 4.07. The summed E-state index contributed by atoms with van der Waals surface area (Å²) in [6, 6.07) is 1.03. The van der Waals surface area contributed by atoms with Crippen molar-refractivity contribution in [3.05, 3.63) is 0 Å². The van der Waals surface area contributed by atoms with Gasteiger partial charge in [-0.05, 0) is 38.8 Å². The molecule has 0 radical (unpaired) electrons. The molecule has 0 aliphatic carbocycles. The number of hydrogen-bond donors (Lipinski definition) is 1. The van der Waals surface area contributed by atoms with E-state index in [2.05, 4.69) is 31.0 Å². The number of ether oxygens (including phenoxy) is 2. The Hall–Kier alpha value is -0.160. The second-order valence-electron chi connectivity index (χ2n) is 6.27. The van der Waals surface area contributed by atoms with Crippen LogP contribution in [-0.2, 0) is 9.47 Å². The fourth-order valence-corrected chi connectivity index (χ4v) is 3.17. The van der Waals surface area contributed by atoms with E-state index in [-0.39, 0.29) is 6.10 Å². The van der Waals surface area contributed by atoms with E-state index in [0.717, 1.165) is 25.7 Å². The summed E-state index contributed by atoms with van der Waals surface area (Å²) in [4.78, 5) is 2.59. The van der Waals surface area contributed by atoms with Crippen LogP contribution in [0.5, 0.6) is 0 Å². The van der Waals surface area contributed by atoms with Gasteiger partial charge in [0.15, 0.2) is 0 Å². The molecule has 19 heavy (non-hydrogen) atoms. The van der Waals surface area contributed by atoms with Crippen molar-refractivity contribution in [3.63, 3.8) is 0 Å². The van der Waals surface area contributed by atoms with Gasteiger partial charge in [0.05, 0.1) is 25.4 Å². The van der Waals surface area contributed by atoms with Crippen LogP contribution in [0.4, 0.5) is 0 Å². The van der Waals surface area contributed by atoms with Crippen LogP contribution in [0.25, 0.3) is 0 Å². The van der Waals surface area contributed by atoms with Crippen LogP contribution in [0.15, 0.2) is 0 Å². The van der Waals surface area contributed by atoms with E-state index < -0.39 is 0 Å². The Morgan fingerprint density at radius 3 is 2.63 bits per heavy atom. The van der Waals surface area contributed by atoms with Crippen LogP contribution in [-0.4, -0.2) is 62.5 Å². The number of piperidine rings is 1. The highest BCUT2D eigenvalue weighted by Gasteiger charge is 2.31. The molecule has 0 saturated carbocycles. The number of nitrogens with one attached hydrogen (secondary N) is 1. The zero-order valence-corrected chi connectivity index (χ0v) is 12.7. The molecule has 4 heteroatoms. The van der Waals surface area contributed by atoms with Gasteiger partial charge in [-0.2, -0.15) is 0 Å². The summed E-state index contributed by atoms with van der Waals surface area (Å²) in [6.45, 7) is 12.7. The van der Waals surface area contributed by atoms with Crippen molar-refractivity contribution in [2.75, 3.05) is 39.5 Å². The Balaban J connectivity index is 1.70. The first-order valence-corrected chi connectivity index (χ1v) is 7.86. The Morgan fingerprint density at radius 2 is 2.00 bits per heavy atom. The van der Waals surface area contributed by atoms with Gasteiger partial charge in [-0.25, -0.2) is 0 Å². The Labute approximate surface area is 117 Å². The van der Waals surface area contributed by atoms with Crippen molar-refractivity contribution >= 4 is 0 Å². The fourth-order valence-electron chi connectivity index (χ4n) is 3.17. The van der Waals surface area contributed by atoms with Gasteiger partial charge in [0.2, 0.25) is 0 Å². The standard InChI is InChI=1S/C15H30N2O2/c1-4-19-15-11-18-10-14(15)16-13-5-7-17(8-6-13)9-12(2)3/h12-16H,4-11H2,1-3H3/t14-,15-/m0/s1. The second kappa shape index (κ2) is 7.58. The lowest BCUT2D eigenvalue weighted by molar-refractivity contribution is 0.0378. The van der Waals surface area contributed by atoms with Crippen molar-refractivity contribution in [2.45, 2.75) is 51.8 Å². The van der Waals surface area contributed by atoms with Gasteiger partial charge in [-0.3, -0.25) is 0 Å². The third kappa shape index (κ3) is 4.71. The number of rotatable bonds is 6. The second-order valence-corrected chi connectivity index (χ2v) is 6.27. The monoisotopic (exact) mass is 270 g/mol. The van der Waals surface area contributed by atoms with Crippen molar-refractivity contribution in [1.29, 1.82) is 0 Å². The zero-order chi connectivity index (χ0) is 13.7. The van der Waals surface area contributed by atoms with Crippen LogP contribution in [0, 0.1) is 5.92 Å². The molecule has 0 bridgehead atoms. The summed E-state index contributed by atoms with van der Waals surface area (Å²) >= 11 is 0. The summed E-state index contributed by atoms with van der Waals surface area (Å²) in [5.74, 6) is 0.773. The summed E-state index contributed by atoms with van der Waals surface area (Å²) < 4.78 is 11.3. The Morgan fingerprint density at radius 1 is 1.26 bits per heavy atom. The molecule has 0 spiro atoms. The smallest absolute Gasteiger partial charge is 0.0983 e. The van der Waals surface area contributed by atoms with Gasteiger partial charge in [-0.1, -0.05) is 13.8 Å². The SMILES string of the molecule is CCO[C@H]1COC[C@@H]1NC1CCN(CC(C)C)CC1. The maximum Gasteiger partial charge on any atom is 0.0983 e. The lowest BCUT2D eigenvalue weighted by atomic mass is 10.0. The summed E-state index contributed by atoms with van der Waals surface area (Å²) in [5, 5.41) is 3.75. The number of nitrogens with zero attached hydrogens (tertiary/aromatic N) is 1. The molecule has 0 aromatic heterocycles. The molecule has 4 nitrogen and oxygen atoms in total. The molecule has 2 rings (SSSR count). The normalized spacial score (nSPS) is 30.3. The molecular formula is C15H30N2O2. The van der Waals surface area contributed by atoms with Crippen molar-refractivity contribution in [2.24, 2.45) is 5.92 Å². The molecule has 0 amide bonds. The minimum absolute atomic E-state index is 0.249. The third-order valence-electron chi connectivity index (χ3n) is 4.07. The molecular weight excluding hydrogens is 240 g/mol. The topological polar surface area (TPSA) is 33.7 Å². The average molecular weight is 270 g/mol. The minimum Gasteiger partial charge on any atom is -0.377 e. The van der Waals surface area contributed by atoms with Crippen molar-refractivity contribution in [3.8, 4) is 0 Å². The lowest BCUT2D eigenvalue weighted by Gasteiger charge is -2.35.